The lowest BCUT2D eigenvalue weighted by atomic mass is 9.89. The Labute approximate surface area is 116 Å². The van der Waals surface area contributed by atoms with Crippen LogP contribution in [0, 0.1) is 5.92 Å². The van der Waals surface area contributed by atoms with Gasteiger partial charge < -0.3 is 9.88 Å². The molecule has 1 aromatic heterocycles. The maximum atomic E-state index is 4.09. The summed E-state index contributed by atoms with van der Waals surface area (Å²) in [6.45, 7) is 8.61. The van der Waals surface area contributed by atoms with Crippen LogP contribution in [-0.2, 0) is 6.54 Å². The van der Waals surface area contributed by atoms with Crippen LogP contribution in [0.15, 0.2) is 12.5 Å². The number of aromatic nitrogens is 2. The van der Waals surface area contributed by atoms with Gasteiger partial charge in [-0.3, -0.25) is 4.90 Å². The maximum Gasteiger partial charge on any atom is 0.0922 e. The zero-order chi connectivity index (χ0) is 13.1. The van der Waals surface area contributed by atoms with Gasteiger partial charge in [0.1, 0.15) is 0 Å². The van der Waals surface area contributed by atoms with E-state index in [0.29, 0.717) is 0 Å². The summed E-state index contributed by atoms with van der Waals surface area (Å²) < 4.78 is 0. The largest absolute Gasteiger partial charge is 0.347 e. The van der Waals surface area contributed by atoms with Crippen molar-refractivity contribution in [1.29, 1.82) is 0 Å². The molecule has 0 aromatic carbocycles. The summed E-state index contributed by atoms with van der Waals surface area (Å²) >= 11 is 0. The molecule has 1 N–H and O–H groups in total. The molecular weight excluding hydrogens is 236 g/mol. The van der Waals surface area contributed by atoms with Crippen molar-refractivity contribution < 1.29 is 0 Å². The number of nitrogens with zero attached hydrogens (tertiary/aromatic N) is 3. The fourth-order valence-corrected chi connectivity index (χ4v) is 3.65. The van der Waals surface area contributed by atoms with E-state index in [1.165, 1.54) is 57.6 Å². The zero-order valence-electron chi connectivity index (χ0n) is 12.0. The lowest BCUT2D eigenvalue weighted by molar-refractivity contribution is 0.107. The summed E-state index contributed by atoms with van der Waals surface area (Å²) in [6.07, 6.45) is 9.24. The Balaban J connectivity index is 1.46. The number of nitrogens with one attached hydrogen (secondary N) is 1. The van der Waals surface area contributed by atoms with E-state index in [2.05, 4.69) is 26.7 Å². The Morgan fingerprint density at radius 2 is 2.00 bits per heavy atom. The van der Waals surface area contributed by atoms with Gasteiger partial charge in [-0.2, -0.15) is 0 Å². The topological polar surface area (TPSA) is 35.2 Å². The second-order valence-corrected chi connectivity index (χ2v) is 6.17. The SMILES string of the molecule is C[C@@H](C1CCN(Cc2cnc[nH]2)CC1)N1CCCC1. The second kappa shape index (κ2) is 6.06. The molecule has 2 aliphatic rings. The van der Waals surface area contributed by atoms with Gasteiger partial charge in [0.2, 0.25) is 0 Å². The molecule has 1 aromatic rings. The Bertz CT molecular complexity index is 362. The minimum Gasteiger partial charge on any atom is -0.347 e. The molecule has 0 radical (unpaired) electrons. The van der Waals surface area contributed by atoms with Crippen molar-refractivity contribution in [3.63, 3.8) is 0 Å². The van der Waals surface area contributed by atoms with Gasteiger partial charge in [0, 0.05) is 24.5 Å². The summed E-state index contributed by atoms with van der Waals surface area (Å²) in [7, 11) is 0. The number of likely N-dealkylation sites (tertiary alicyclic amines) is 2. The first-order valence-corrected chi connectivity index (χ1v) is 7.76. The fraction of sp³-hybridized carbons (Fsp3) is 0.800. The van der Waals surface area contributed by atoms with E-state index >= 15 is 0 Å². The summed E-state index contributed by atoms with van der Waals surface area (Å²) in [5, 5.41) is 0. The number of hydrogen-bond donors (Lipinski definition) is 1. The van der Waals surface area contributed by atoms with E-state index < -0.39 is 0 Å². The Hall–Kier alpha value is -0.870. The van der Waals surface area contributed by atoms with Crippen molar-refractivity contribution >= 4 is 0 Å². The molecular formula is C15H26N4. The van der Waals surface area contributed by atoms with Crippen LogP contribution < -0.4 is 0 Å². The van der Waals surface area contributed by atoms with Crippen molar-refractivity contribution in [2.24, 2.45) is 5.92 Å². The first-order chi connectivity index (χ1) is 9.33. The third-order valence-corrected chi connectivity index (χ3v) is 4.98. The second-order valence-electron chi connectivity index (χ2n) is 6.17. The summed E-state index contributed by atoms with van der Waals surface area (Å²) in [4.78, 5) is 12.6. The highest BCUT2D eigenvalue weighted by Gasteiger charge is 2.28. The molecule has 3 rings (SSSR count). The minimum atomic E-state index is 0.789. The minimum absolute atomic E-state index is 0.789. The van der Waals surface area contributed by atoms with Gasteiger partial charge in [0.25, 0.3) is 0 Å². The van der Waals surface area contributed by atoms with Crippen molar-refractivity contribution in [1.82, 2.24) is 19.8 Å². The van der Waals surface area contributed by atoms with Gasteiger partial charge in [-0.15, -0.1) is 0 Å². The number of imidazole rings is 1. The quantitative estimate of drug-likeness (QED) is 0.902. The highest BCUT2D eigenvalue weighted by molar-refractivity contribution is 4.95. The van der Waals surface area contributed by atoms with Gasteiger partial charge in [0.05, 0.1) is 6.33 Å². The van der Waals surface area contributed by atoms with E-state index in [0.717, 1.165) is 18.5 Å². The van der Waals surface area contributed by atoms with Crippen LogP contribution in [0.25, 0.3) is 0 Å². The van der Waals surface area contributed by atoms with Gasteiger partial charge >= 0.3 is 0 Å². The molecule has 4 heteroatoms. The van der Waals surface area contributed by atoms with Crippen LogP contribution in [0.5, 0.6) is 0 Å². The van der Waals surface area contributed by atoms with Crippen LogP contribution in [0.1, 0.15) is 38.3 Å². The summed E-state index contributed by atoms with van der Waals surface area (Å²) in [5.41, 5.74) is 1.24. The number of hydrogen-bond acceptors (Lipinski definition) is 3. The van der Waals surface area contributed by atoms with Crippen molar-refractivity contribution in [3.05, 3.63) is 18.2 Å². The predicted molar refractivity (Wildman–Crippen MR) is 76.9 cm³/mol. The van der Waals surface area contributed by atoms with Gasteiger partial charge in [0.15, 0.2) is 0 Å². The Morgan fingerprint density at radius 3 is 2.63 bits per heavy atom. The molecule has 106 valence electrons. The maximum absolute atomic E-state index is 4.09. The lowest BCUT2D eigenvalue weighted by Gasteiger charge is -2.38. The smallest absolute Gasteiger partial charge is 0.0922 e. The molecule has 2 saturated heterocycles. The first kappa shape index (κ1) is 13.1. The highest BCUT2D eigenvalue weighted by atomic mass is 15.2. The van der Waals surface area contributed by atoms with Crippen LogP contribution in [0.3, 0.4) is 0 Å². The molecule has 0 amide bonds. The molecule has 2 fully saturated rings. The van der Waals surface area contributed by atoms with Crippen LogP contribution in [0.2, 0.25) is 0 Å². The Kier molecular flexibility index (Phi) is 4.18. The Morgan fingerprint density at radius 1 is 1.26 bits per heavy atom. The normalized spacial score (nSPS) is 24.9. The number of piperidine rings is 1. The summed E-state index contributed by atoms with van der Waals surface area (Å²) in [5.74, 6) is 0.899. The zero-order valence-corrected chi connectivity index (χ0v) is 12.0. The average molecular weight is 262 g/mol. The molecule has 4 nitrogen and oxygen atoms in total. The summed E-state index contributed by atoms with van der Waals surface area (Å²) in [6, 6.07) is 0.789. The lowest BCUT2D eigenvalue weighted by Crippen LogP contribution is -2.42. The van der Waals surface area contributed by atoms with E-state index in [-0.39, 0.29) is 0 Å². The third-order valence-electron chi connectivity index (χ3n) is 4.98. The molecule has 2 aliphatic heterocycles. The molecule has 0 unspecified atom stereocenters. The van der Waals surface area contributed by atoms with Crippen molar-refractivity contribution in [2.45, 2.75) is 45.2 Å². The monoisotopic (exact) mass is 262 g/mol. The molecule has 1 atom stereocenters. The molecule has 3 heterocycles. The van der Waals surface area contributed by atoms with E-state index in [1.807, 2.05) is 6.20 Å². The predicted octanol–water partition coefficient (Wildman–Crippen LogP) is 2.11. The molecule has 0 bridgehead atoms. The van der Waals surface area contributed by atoms with Crippen LogP contribution in [-0.4, -0.2) is 52.0 Å². The van der Waals surface area contributed by atoms with Crippen molar-refractivity contribution in [2.75, 3.05) is 26.2 Å². The van der Waals surface area contributed by atoms with E-state index in [9.17, 15) is 0 Å². The van der Waals surface area contributed by atoms with E-state index in [1.54, 1.807) is 6.33 Å². The molecule has 0 spiro atoms. The van der Waals surface area contributed by atoms with Gasteiger partial charge in [-0.05, 0) is 64.7 Å². The highest BCUT2D eigenvalue weighted by Crippen LogP contribution is 2.26. The van der Waals surface area contributed by atoms with E-state index in [4.69, 9.17) is 0 Å². The van der Waals surface area contributed by atoms with Crippen LogP contribution in [0.4, 0.5) is 0 Å². The number of rotatable bonds is 4. The molecule has 19 heavy (non-hydrogen) atoms. The third kappa shape index (κ3) is 3.18. The van der Waals surface area contributed by atoms with Crippen molar-refractivity contribution in [3.8, 4) is 0 Å². The molecule has 0 aliphatic carbocycles. The standard InChI is InChI=1S/C15H26N4/c1-13(19-6-2-3-7-19)14-4-8-18(9-5-14)11-15-10-16-12-17-15/h10,12-14H,2-9,11H2,1H3,(H,16,17)/t13-/m0/s1. The van der Waals surface area contributed by atoms with Crippen LogP contribution >= 0.6 is 0 Å². The van der Waals surface area contributed by atoms with Gasteiger partial charge in [-0.1, -0.05) is 0 Å². The first-order valence-electron chi connectivity index (χ1n) is 7.76. The molecule has 0 saturated carbocycles. The number of aromatic amines is 1. The average Bonchev–Trinajstić information content (AvgIpc) is 3.12. The van der Waals surface area contributed by atoms with Gasteiger partial charge in [-0.25, -0.2) is 4.98 Å². The fourth-order valence-electron chi connectivity index (χ4n) is 3.65. The number of H-pyrrole nitrogens is 1.